The molecule has 1 aromatic rings. The van der Waals surface area contributed by atoms with E-state index in [4.69, 9.17) is 5.11 Å². The first-order valence-electron chi connectivity index (χ1n) is 5.37. The molecule has 1 aromatic carbocycles. The zero-order valence-corrected chi connectivity index (χ0v) is 9.92. The van der Waals surface area contributed by atoms with Crippen LogP contribution in [-0.4, -0.2) is 16.2 Å². The Labute approximate surface area is 101 Å². The molecule has 0 amide bonds. The Morgan fingerprint density at radius 1 is 1.35 bits per heavy atom. The molecule has 3 heteroatoms. The SMILES string of the molecule is CC=C(C)C(=O)O.OC1C=Cc2ccccc21. The molecular formula is C14H16O3. The molecule has 0 heterocycles. The predicted molar refractivity (Wildman–Crippen MR) is 67.5 cm³/mol. The van der Waals surface area contributed by atoms with Crippen molar-refractivity contribution in [2.45, 2.75) is 20.0 Å². The Balaban J connectivity index is 0.000000185. The number of allylic oxidation sites excluding steroid dienone is 1. The van der Waals surface area contributed by atoms with Crippen molar-refractivity contribution in [3.05, 3.63) is 53.1 Å². The van der Waals surface area contributed by atoms with Crippen LogP contribution in [0.15, 0.2) is 42.0 Å². The van der Waals surface area contributed by atoms with Crippen molar-refractivity contribution in [3.8, 4) is 0 Å². The summed E-state index contributed by atoms with van der Waals surface area (Å²) in [4.78, 5) is 9.86. The molecular weight excluding hydrogens is 216 g/mol. The molecule has 3 nitrogen and oxygen atoms in total. The van der Waals surface area contributed by atoms with Gasteiger partial charge in [-0.05, 0) is 25.0 Å². The third-order valence-corrected chi connectivity index (χ3v) is 2.54. The maximum absolute atomic E-state index is 9.86. The van der Waals surface area contributed by atoms with Crippen LogP contribution in [0.25, 0.3) is 6.08 Å². The predicted octanol–water partition coefficient (Wildman–Crippen LogP) is 2.78. The second-order valence-electron chi connectivity index (χ2n) is 3.71. The number of aliphatic hydroxyl groups excluding tert-OH is 1. The van der Waals surface area contributed by atoms with Crippen molar-refractivity contribution in [2.24, 2.45) is 0 Å². The van der Waals surface area contributed by atoms with Gasteiger partial charge in [0.2, 0.25) is 0 Å². The minimum absolute atomic E-state index is 0.379. The summed E-state index contributed by atoms with van der Waals surface area (Å²) >= 11 is 0. The summed E-state index contributed by atoms with van der Waals surface area (Å²) in [7, 11) is 0. The lowest BCUT2D eigenvalue weighted by molar-refractivity contribution is -0.132. The highest BCUT2D eigenvalue weighted by atomic mass is 16.4. The number of aliphatic hydroxyl groups is 1. The van der Waals surface area contributed by atoms with Crippen molar-refractivity contribution in [3.63, 3.8) is 0 Å². The summed E-state index contributed by atoms with van der Waals surface area (Å²) in [6.07, 6.45) is 4.92. The van der Waals surface area contributed by atoms with Gasteiger partial charge in [-0.25, -0.2) is 4.79 Å². The van der Waals surface area contributed by atoms with Crippen molar-refractivity contribution in [1.82, 2.24) is 0 Å². The van der Waals surface area contributed by atoms with Crippen LogP contribution < -0.4 is 0 Å². The summed E-state index contributed by atoms with van der Waals surface area (Å²) in [5.41, 5.74) is 2.54. The largest absolute Gasteiger partial charge is 0.478 e. The van der Waals surface area contributed by atoms with E-state index in [9.17, 15) is 9.90 Å². The Bertz CT molecular complexity index is 458. The number of benzene rings is 1. The minimum Gasteiger partial charge on any atom is -0.478 e. The summed E-state index contributed by atoms with van der Waals surface area (Å²) in [6, 6.07) is 7.86. The lowest BCUT2D eigenvalue weighted by Gasteiger charge is -2.00. The monoisotopic (exact) mass is 232 g/mol. The van der Waals surface area contributed by atoms with Gasteiger partial charge < -0.3 is 10.2 Å². The molecule has 0 fully saturated rings. The smallest absolute Gasteiger partial charge is 0.330 e. The van der Waals surface area contributed by atoms with Crippen LogP contribution in [0.4, 0.5) is 0 Å². The summed E-state index contributed by atoms with van der Waals surface area (Å²) in [5, 5.41) is 17.4. The van der Waals surface area contributed by atoms with E-state index in [0.29, 0.717) is 5.57 Å². The van der Waals surface area contributed by atoms with Gasteiger partial charge in [-0.15, -0.1) is 0 Å². The fourth-order valence-electron chi connectivity index (χ4n) is 1.35. The van der Waals surface area contributed by atoms with Crippen LogP contribution in [0.3, 0.4) is 0 Å². The number of hydrogen-bond donors (Lipinski definition) is 2. The summed E-state index contributed by atoms with van der Waals surface area (Å²) < 4.78 is 0. The fraction of sp³-hybridized carbons (Fsp3) is 0.214. The van der Waals surface area contributed by atoms with E-state index in [0.717, 1.165) is 11.1 Å². The number of carbonyl (C=O) groups is 1. The molecule has 90 valence electrons. The summed E-state index contributed by atoms with van der Waals surface area (Å²) in [5.74, 6) is -0.845. The normalized spacial score (nSPS) is 17.1. The van der Waals surface area contributed by atoms with E-state index in [-0.39, 0.29) is 6.10 Å². The number of carboxylic acids is 1. The van der Waals surface area contributed by atoms with Gasteiger partial charge in [0.1, 0.15) is 0 Å². The average Bonchev–Trinajstić information content (AvgIpc) is 2.71. The molecule has 0 spiro atoms. The highest BCUT2D eigenvalue weighted by Gasteiger charge is 2.11. The number of fused-ring (bicyclic) bond motifs is 1. The second kappa shape index (κ2) is 6.01. The molecule has 2 N–H and O–H groups in total. The van der Waals surface area contributed by atoms with Crippen LogP contribution in [0, 0.1) is 0 Å². The Morgan fingerprint density at radius 2 is 2.00 bits per heavy atom. The van der Waals surface area contributed by atoms with Gasteiger partial charge in [0.25, 0.3) is 0 Å². The van der Waals surface area contributed by atoms with Crippen molar-refractivity contribution < 1.29 is 15.0 Å². The van der Waals surface area contributed by atoms with Crippen LogP contribution in [0.5, 0.6) is 0 Å². The Hall–Kier alpha value is -1.87. The zero-order valence-electron chi connectivity index (χ0n) is 9.92. The van der Waals surface area contributed by atoms with E-state index >= 15 is 0 Å². The van der Waals surface area contributed by atoms with Crippen LogP contribution in [0.1, 0.15) is 31.1 Å². The van der Waals surface area contributed by atoms with E-state index in [1.165, 1.54) is 0 Å². The van der Waals surface area contributed by atoms with Gasteiger partial charge >= 0.3 is 5.97 Å². The topological polar surface area (TPSA) is 57.5 Å². The van der Waals surface area contributed by atoms with Crippen molar-refractivity contribution >= 4 is 12.0 Å². The van der Waals surface area contributed by atoms with Crippen molar-refractivity contribution in [1.29, 1.82) is 0 Å². The minimum atomic E-state index is -0.845. The Kier molecular flexibility index (Phi) is 4.67. The van der Waals surface area contributed by atoms with Crippen LogP contribution >= 0.6 is 0 Å². The van der Waals surface area contributed by atoms with Gasteiger partial charge in [-0.3, -0.25) is 0 Å². The van der Waals surface area contributed by atoms with Gasteiger partial charge in [-0.1, -0.05) is 42.5 Å². The molecule has 0 saturated heterocycles. The van der Waals surface area contributed by atoms with E-state index < -0.39 is 5.97 Å². The molecule has 0 radical (unpaired) electrons. The van der Waals surface area contributed by atoms with Gasteiger partial charge in [0.15, 0.2) is 0 Å². The highest BCUT2D eigenvalue weighted by molar-refractivity contribution is 5.85. The molecule has 1 aliphatic carbocycles. The molecule has 1 atom stereocenters. The molecule has 0 saturated carbocycles. The van der Waals surface area contributed by atoms with Crippen LogP contribution in [0.2, 0.25) is 0 Å². The first-order valence-corrected chi connectivity index (χ1v) is 5.37. The maximum atomic E-state index is 9.86. The molecule has 0 bridgehead atoms. The quantitative estimate of drug-likeness (QED) is 0.732. The van der Waals surface area contributed by atoms with Crippen LogP contribution in [-0.2, 0) is 4.79 Å². The third kappa shape index (κ3) is 3.57. The van der Waals surface area contributed by atoms with E-state index in [1.54, 1.807) is 26.0 Å². The Morgan fingerprint density at radius 3 is 2.47 bits per heavy atom. The second-order valence-corrected chi connectivity index (χ2v) is 3.71. The van der Waals surface area contributed by atoms with Gasteiger partial charge in [0.05, 0.1) is 6.10 Å². The number of hydrogen-bond acceptors (Lipinski definition) is 2. The average molecular weight is 232 g/mol. The van der Waals surface area contributed by atoms with Gasteiger partial charge in [0, 0.05) is 5.57 Å². The molecule has 2 rings (SSSR count). The van der Waals surface area contributed by atoms with E-state index in [1.807, 2.05) is 30.3 Å². The summed E-state index contributed by atoms with van der Waals surface area (Å²) in [6.45, 7) is 3.26. The lowest BCUT2D eigenvalue weighted by Crippen LogP contribution is -1.93. The molecule has 0 aromatic heterocycles. The molecule has 1 aliphatic rings. The first kappa shape index (κ1) is 13.2. The zero-order chi connectivity index (χ0) is 12.8. The highest BCUT2D eigenvalue weighted by Crippen LogP contribution is 2.26. The first-order chi connectivity index (χ1) is 8.06. The molecule has 17 heavy (non-hydrogen) atoms. The van der Waals surface area contributed by atoms with Gasteiger partial charge in [-0.2, -0.15) is 0 Å². The van der Waals surface area contributed by atoms with Crippen molar-refractivity contribution in [2.75, 3.05) is 0 Å². The third-order valence-electron chi connectivity index (χ3n) is 2.54. The fourth-order valence-corrected chi connectivity index (χ4v) is 1.35. The number of carboxylic acid groups (broad SMARTS) is 1. The van der Waals surface area contributed by atoms with E-state index in [2.05, 4.69) is 0 Å². The number of aliphatic carboxylic acids is 1. The maximum Gasteiger partial charge on any atom is 0.330 e. The number of rotatable bonds is 1. The lowest BCUT2D eigenvalue weighted by atomic mass is 10.1. The molecule has 1 unspecified atom stereocenters. The molecule has 0 aliphatic heterocycles. The standard InChI is InChI=1S/C9H8O.C5H8O2/c10-9-6-5-7-3-1-2-4-8(7)9;1-3-4(2)5(6)7/h1-6,9-10H;3H,1-2H3,(H,6,7).